The molecule has 2 rings (SSSR count). The van der Waals surface area contributed by atoms with Crippen molar-refractivity contribution in [3.63, 3.8) is 0 Å². The standard InChI is InChI=1S/C21H24N2O7/c1-13(2)29-12-15-5-7-16(8-6-15)21(25)30-14(3)20(24)22-18-11-17(23(26)27)9-10-19(18)28-4/h5-11,13-14H,12H2,1-4H3,(H,22,24)/t14-/m1/s1. The van der Waals surface area contributed by atoms with E-state index >= 15 is 0 Å². The Balaban J connectivity index is 2.01. The predicted molar refractivity (Wildman–Crippen MR) is 110 cm³/mol. The number of hydrogen-bond acceptors (Lipinski definition) is 7. The molecule has 0 unspecified atom stereocenters. The van der Waals surface area contributed by atoms with Crippen LogP contribution in [-0.2, 0) is 20.9 Å². The molecule has 9 nitrogen and oxygen atoms in total. The summed E-state index contributed by atoms with van der Waals surface area (Å²) in [7, 11) is 1.37. The summed E-state index contributed by atoms with van der Waals surface area (Å²) >= 11 is 0. The van der Waals surface area contributed by atoms with Crippen molar-refractivity contribution in [3.8, 4) is 5.75 Å². The van der Waals surface area contributed by atoms with Gasteiger partial charge in [-0.05, 0) is 44.5 Å². The van der Waals surface area contributed by atoms with E-state index < -0.39 is 22.9 Å². The molecule has 1 atom stereocenters. The van der Waals surface area contributed by atoms with Crippen LogP contribution in [0.15, 0.2) is 42.5 Å². The molecule has 0 bridgehead atoms. The maximum atomic E-state index is 12.4. The van der Waals surface area contributed by atoms with Gasteiger partial charge in [-0.1, -0.05) is 12.1 Å². The Hall–Kier alpha value is -3.46. The van der Waals surface area contributed by atoms with Gasteiger partial charge in [0.25, 0.3) is 11.6 Å². The number of nitro groups is 1. The molecule has 0 saturated heterocycles. The van der Waals surface area contributed by atoms with Crippen LogP contribution in [-0.4, -0.2) is 36.1 Å². The van der Waals surface area contributed by atoms with Crippen molar-refractivity contribution >= 4 is 23.3 Å². The molecule has 0 aliphatic carbocycles. The predicted octanol–water partition coefficient (Wildman–Crippen LogP) is 3.71. The number of carbonyl (C=O) groups excluding carboxylic acids is 2. The molecule has 2 aromatic rings. The average molecular weight is 416 g/mol. The Morgan fingerprint density at radius 1 is 1.10 bits per heavy atom. The van der Waals surface area contributed by atoms with E-state index in [4.69, 9.17) is 14.2 Å². The van der Waals surface area contributed by atoms with E-state index in [1.54, 1.807) is 24.3 Å². The number of esters is 1. The van der Waals surface area contributed by atoms with Gasteiger partial charge in [0.2, 0.25) is 0 Å². The van der Waals surface area contributed by atoms with Gasteiger partial charge in [-0.3, -0.25) is 14.9 Å². The SMILES string of the molecule is COc1ccc([N+](=O)[O-])cc1NC(=O)[C@@H](C)OC(=O)c1ccc(COC(C)C)cc1. The summed E-state index contributed by atoms with van der Waals surface area (Å²) in [6.07, 6.45) is -1.04. The molecule has 0 fully saturated rings. The van der Waals surface area contributed by atoms with Gasteiger partial charge in [-0.2, -0.15) is 0 Å². The third-order valence-electron chi connectivity index (χ3n) is 4.08. The fourth-order valence-electron chi connectivity index (χ4n) is 2.42. The van der Waals surface area contributed by atoms with Gasteiger partial charge in [-0.15, -0.1) is 0 Å². The van der Waals surface area contributed by atoms with Crippen molar-refractivity contribution in [1.29, 1.82) is 0 Å². The number of nitro benzene ring substituents is 1. The quantitative estimate of drug-likeness (QED) is 0.376. The number of benzene rings is 2. The van der Waals surface area contributed by atoms with Gasteiger partial charge in [0.05, 0.1) is 36.0 Å². The molecule has 0 aliphatic rings. The third-order valence-corrected chi connectivity index (χ3v) is 4.08. The second kappa shape index (κ2) is 10.4. The van der Waals surface area contributed by atoms with E-state index in [-0.39, 0.29) is 28.8 Å². The molecule has 0 saturated carbocycles. The van der Waals surface area contributed by atoms with E-state index in [0.717, 1.165) is 5.56 Å². The highest BCUT2D eigenvalue weighted by molar-refractivity contribution is 5.98. The lowest BCUT2D eigenvalue weighted by Gasteiger charge is -2.15. The van der Waals surface area contributed by atoms with Crippen LogP contribution in [0.4, 0.5) is 11.4 Å². The Labute approximate surface area is 174 Å². The zero-order valence-electron chi connectivity index (χ0n) is 17.2. The summed E-state index contributed by atoms with van der Waals surface area (Å²) < 4.78 is 15.8. The Kier molecular flexibility index (Phi) is 7.88. The summed E-state index contributed by atoms with van der Waals surface area (Å²) in [5.41, 5.74) is 1.09. The molecule has 0 heterocycles. The highest BCUT2D eigenvalue weighted by Crippen LogP contribution is 2.29. The first-order valence-electron chi connectivity index (χ1n) is 9.26. The molecule has 0 aromatic heterocycles. The summed E-state index contributed by atoms with van der Waals surface area (Å²) in [6.45, 7) is 5.70. The van der Waals surface area contributed by atoms with E-state index in [0.29, 0.717) is 6.61 Å². The van der Waals surface area contributed by atoms with Crippen molar-refractivity contribution < 1.29 is 28.7 Å². The molecule has 1 N–H and O–H groups in total. The summed E-state index contributed by atoms with van der Waals surface area (Å²) in [6, 6.07) is 10.5. The first-order chi connectivity index (χ1) is 14.2. The summed E-state index contributed by atoms with van der Waals surface area (Å²) in [5, 5.41) is 13.4. The van der Waals surface area contributed by atoms with E-state index in [1.807, 2.05) is 13.8 Å². The highest BCUT2D eigenvalue weighted by Gasteiger charge is 2.21. The molecule has 0 radical (unpaired) electrons. The molecule has 30 heavy (non-hydrogen) atoms. The van der Waals surface area contributed by atoms with Crippen LogP contribution in [0.3, 0.4) is 0 Å². The van der Waals surface area contributed by atoms with Crippen LogP contribution in [0.1, 0.15) is 36.7 Å². The number of methoxy groups -OCH3 is 1. The van der Waals surface area contributed by atoms with Gasteiger partial charge in [0.1, 0.15) is 5.75 Å². The molecule has 9 heteroatoms. The average Bonchev–Trinajstić information content (AvgIpc) is 2.72. The van der Waals surface area contributed by atoms with Crippen molar-refractivity contribution in [2.45, 2.75) is 39.6 Å². The fraction of sp³-hybridized carbons (Fsp3) is 0.333. The molecule has 1 amide bonds. The van der Waals surface area contributed by atoms with Crippen LogP contribution in [0, 0.1) is 10.1 Å². The van der Waals surface area contributed by atoms with Gasteiger partial charge in [0, 0.05) is 12.1 Å². The Bertz CT molecular complexity index is 910. The van der Waals surface area contributed by atoms with Gasteiger partial charge >= 0.3 is 5.97 Å². The van der Waals surface area contributed by atoms with Crippen molar-refractivity contribution in [2.24, 2.45) is 0 Å². The number of anilines is 1. The molecule has 0 aliphatic heterocycles. The minimum Gasteiger partial charge on any atom is -0.495 e. The monoisotopic (exact) mass is 416 g/mol. The Morgan fingerprint density at radius 2 is 1.77 bits per heavy atom. The second-order valence-electron chi connectivity index (χ2n) is 6.74. The van der Waals surface area contributed by atoms with Gasteiger partial charge < -0.3 is 19.5 Å². The van der Waals surface area contributed by atoms with Crippen LogP contribution in [0.2, 0.25) is 0 Å². The lowest BCUT2D eigenvalue weighted by atomic mass is 10.1. The minimum atomic E-state index is -1.13. The first-order valence-corrected chi connectivity index (χ1v) is 9.26. The zero-order chi connectivity index (χ0) is 22.3. The van der Waals surface area contributed by atoms with Crippen LogP contribution >= 0.6 is 0 Å². The van der Waals surface area contributed by atoms with Crippen LogP contribution < -0.4 is 10.1 Å². The van der Waals surface area contributed by atoms with Crippen LogP contribution in [0.25, 0.3) is 0 Å². The number of ether oxygens (including phenoxy) is 3. The first kappa shape index (κ1) is 22.8. The molecule has 160 valence electrons. The number of hydrogen-bond donors (Lipinski definition) is 1. The smallest absolute Gasteiger partial charge is 0.338 e. The number of non-ortho nitro benzene ring substituents is 1. The maximum Gasteiger partial charge on any atom is 0.338 e. The summed E-state index contributed by atoms with van der Waals surface area (Å²) in [4.78, 5) is 35.1. The number of amides is 1. The van der Waals surface area contributed by atoms with E-state index in [2.05, 4.69) is 5.32 Å². The van der Waals surface area contributed by atoms with Gasteiger partial charge in [0.15, 0.2) is 6.10 Å². The lowest BCUT2D eigenvalue weighted by molar-refractivity contribution is -0.384. The third kappa shape index (κ3) is 6.28. The van der Waals surface area contributed by atoms with E-state index in [9.17, 15) is 19.7 Å². The van der Waals surface area contributed by atoms with Crippen molar-refractivity contribution in [1.82, 2.24) is 0 Å². The Morgan fingerprint density at radius 3 is 2.33 bits per heavy atom. The summed E-state index contributed by atoms with van der Waals surface area (Å²) in [5.74, 6) is -1.07. The van der Waals surface area contributed by atoms with Crippen LogP contribution in [0.5, 0.6) is 5.75 Å². The molecule has 0 spiro atoms. The topological polar surface area (TPSA) is 117 Å². The molecular weight excluding hydrogens is 392 g/mol. The second-order valence-corrected chi connectivity index (χ2v) is 6.74. The van der Waals surface area contributed by atoms with Crippen molar-refractivity contribution in [3.05, 3.63) is 63.7 Å². The van der Waals surface area contributed by atoms with Crippen molar-refractivity contribution in [2.75, 3.05) is 12.4 Å². The molecular formula is C21H24N2O7. The minimum absolute atomic E-state index is 0.0960. The number of rotatable bonds is 9. The highest BCUT2D eigenvalue weighted by atomic mass is 16.6. The van der Waals surface area contributed by atoms with E-state index in [1.165, 1.54) is 32.2 Å². The zero-order valence-corrected chi connectivity index (χ0v) is 17.2. The number of carbonyl (C=O) groups is 2. The maximum absolute atomic E-state index is 12.4. The molecule has 2 aromatic carbocycles. The number of nitrogens with zero attached hydrogens (tertiary/aromatic N) is 1. The lowest BCUT2D eigenvalue weighted by Crippen LogP contribution is -2.30. The van der Waals surface area contributed by atoms with Gasteiger partial charge in [-0.25, -0.2) is 4.79 Å². The number of nitrogens with one attached hydrogen (secondary N) is 1. The largest absolute Gasteiger partial charge is 0.495 e. The fourth-order valence-corrected chi connectivity index (χ4v) is 2.42. The normalized spacial score (nSPS) is 11.6.